The van der Waals surface area contributed by atoms with Gasteiger partial charge in [0.15, 0.2) is 0 Å². The summed E-state index contributed by atoms with van der Waals surface area (Å²) in [7, 11) is 0. The van der Waals surface area contributed by atoms with Crippen LogP contribution in [0.5, 0.6) is 0 Å². The van der Waals surface area contributed by atoms with Crippen LogP contribution in [0.4, 0.5) is 5.95 Å². The maximum atomic E-state index is 12.8. The van der Waals surface area contributed by atoms with E-state index in [2.05, 4.69) is 22.2 Å². The summed E-state index contributed by atoms with van der Waals surface area (Å²) in [4.78, 5) is 37.3. The Hall–Kier alpha value is -2.18. The maximum Gasteiger partial charge on any atom is 0.227 e. The van der Waals surface area contributed by atoms with E-state index in [1.54, 1.807) is 18.5 Å². The molecule has 26 heavy (non-hydrogen) atoms. The van der Waals surface area contributed by atoms with Crippen LogP contribution in [0.3, 0.4) is 0 Å². The number of carbonyl (C=O) groups excluding carboxylic acids is 2. The molecule has 7 nitrogen and oxygen atoms in total. The normalized spacial score (nSPS) is 21.5. The number of anilines is 1. The van der Waals surface area contributed by atoms with Crippen molar-refractivity contribution >= 4 is 17.8 Å². The van der Waals surface area contributed by atoms with Crippen molar-refractivity contribution in [3.05, 3.63) is 18.5 Å². The molecule has 142 valence electrons. The predicted molar refractivity (Wildman–Crippen MR) is 99.4 cm³/mol. The van der Waals surface area contributed by atoms with E-state index in [-0.39, 0.29) is 17.7 Å². The Kier molecular flexibility index (Phi) is 6.41. The van der Waals surface area contributed by atoms with Gasteiger partial charge in [-0.05, 0) is 37.7 Å². The number of aromatic nitrogens is 2. The molecule has 3 rings (SSSR count). The van der Waals surface area contributed by atoms with Gasteiger partial charge >= 0.3 is 0 Å². The fraction of sp³-hybridized carbons (Fsp3) is 0.684. The highest BCUT2D eigenvalue weighted by Gasteiger charge is 2.32. The SMILES string of the molecule is CC1CCN(C(=O)[C@H]2CCCN(C(=O)CCNc3ncccn3)C2)CC1. The van der Waals surface area contributed by atoms with Crippen LogP contribution in [0.2, 0.25) is 0 Å². The van der Waals surface area contributed by atoms with Crippen molar-refractivity contribution < 1.29 is 9.59 Å². The minimum absolute atomic E-state index is 0.0356. The summed E-state index contributed by atoms with van der Waals surface area (Å²) in [6.45, 7) is 5.79. The quantitative estimate of drug-likeness (QED) is 0.867. The number of nitrogens with one attached hydrogen (secondary N) is 1. The van der Waals surface area contributed by atoms with Gasteiger partial charge in [0, 0.05) is 51.5 Å². The number of likely N-dealkylation sites (tertiary alicyclic amines) is 2. The van der Waals surface area contributed by atoms with Crippen LogP contribution in [-0.4, -0.2) is 64.3 Å². The van der Waals surface area contributed by atoms with Crippen molar-refractivity contribution in [3.8, 4) is 0 Å². The minimum Gasteiger partial charge on any atom is -0.354 e. The first-order valence-electron chi connectivity index (χ1n) is 9.71. The van der Waals surface area contributed by atoms with Gasteiger partial charge in [0.05, 0.1) is 5.92 Å². The van der Waals surface area contributed by atoms with Crippen molar-refractivity contribution in [1.82, 2.24) is 19.8 Å². The number of hydrogen-bond donors (Lipinski definition) is 1. The van der Waals surface area contributed by atoms with Gasteiger partial charge in [-0.25, -0.2) is 9.97 Å². The molecule has 1 aromatic heterocycles. The number of piperidine rings is 2. The van der Waals surface area contributed by atoms with Gasteiger partial charge < -0.3 is 15.1 Å². The fourth-order valence-corrected chi connectivity index (χ4v) is 3.72. The van der Waals surface area contributed by atoms with E-state index in [1.165, 1.54) is 0 Å². The highest BCUT2D eigenvalue weighted by molar-refractivity contribution is 5.81. The van der Waals surface area contributed by atoms with Crippen molar-refractivity contribution in [2.75, 3.05) is 38.0 Å². The molecule has 7 heteroatoms. The van der Waals surface area contributed by atoms with Gasteiger partial charge in [-0.1, -0.05) is 6.92 Å². The standard InChI is InChI=1S/C19H29N5O2/c1-15-6-12-23(13-7-15)18(26)16-4-2-11-24(14-16)17(25)5-10-22-19-20-8-3-9-21-19/h3,8-9,15-16H,2,4-7,10-14H2,1H3,(H,20,21,22)/t16-/m0/s1. The summed E-state index contributed by atoms with van der Waals surface area (Å²) >= 11 is 0. The zero-order valence-corrected chi connectivity index (χ0v) is 15.6. The molecule has 0 saturated carbocycles. The molecule has 2 aliphatic rings. The number of amides is 2. The second-order valence-electron chi connectivity index (χ2n) is 7.44. The topological polar surface area (TPSA) is 78.4 Å². The lowest BCUT2D eigenvalue weighted by Crippen LogP contribution is -2.48. The number of hydrogen-bond acceptors (Lipinski definition) is 5. The van der Waals surface area contributed by atoms with Crippen LogP contribution in [0.15, 0.2) is 18.5 Å². The van der Waals surface area contributed by atoms with E-state index in [0.29, 0.717) is 31.4 Å². The molecule has 0 aliphatic carbocycles. The third kappa shape index (κ3) is 4.93. The Morgan fingerprint density at radius 2 is 1.85 bits per heavy atom. The molecule has 2 saturated heterocycles. The lowest BCUT2D eigenvalue weighted by atomic mass is 9.93. The molecule has 1 atom stereocenters. The molecule has 0 bridgehead atoms. The molecule has 1 N–H and O–H groups in total. The van der Waals surface area contributed by atoms with Gasteiger partial charge in [0.2, 0.25) is 17.8 Å². The molecule has 0 radical (unpaired) electrons. The summed E-state index contributed by atoms with van der Waals surface area (Å²) in [5, 5.41) is 3.06. The van der Waals surface area contributed by atoms with Gasteiger partial charge in [-0.2, -0.15) is 0 Å². The maximum absolute atomic E-state index is 12.8. The number of nitrogens with zero attached hydrogens (tertiary/aromatic N) is 4. The molecular formula is C19H29N5O2. The largest absolute Gasteiger partial charge is 0.354 e. The van der Waals surface area contributed by atoms with Crippen molar-refractivity contribution in [1.29, 1.82) is 0 Å². The van der Waals surface area contributed by atoms with Gasteiger partial charge in [-0.15, -0.1) is 0 Å². The highest BCUT2D eigenvalue weighted by atomic mass is 16.2. The number of carbonyl (C=O) groups is 2. The van der Waals surface area contributed by atoms with E-state index in [4.69, 9.17) is 0 Å². The Morgan fingerprint density at radius 1 is 1.12 bits per heavy atom. The van der Waals surface area contributed by atoms with Crippen LogP contribution in [0.25, 0.3) is 0 Å². The van der Waals surface area contributed by atoms with E-state index >= 15 is 0 Å². The minimum atomic E-state index is -0.0356. The molecule has 0 aromatic carbocycles. The predicted octanol–water partition coefficient (Wildman–Crippen LogP) is 1.78. The monoisotopic (exact) mass is 359 g/mol. The molecule has 3 heterocycles. The Bertz CT molecular complexity index is 601. The first-order chi connectivity index (χ1) is 12.6. The van der Waals surface area contributed by atoms with Crippen LogP contribution in [0, 0.1) is 11.8 Å². The Morgan fingerprint density at radius 3 is 2.58 bits per heavy atom. The zero-order valence-electron chi connectivity index (χ0n) is 15.6. The molecule has 0 unspecified atom stereocenters. The Balaban J connectivity index is 1.45. The summed E-state index contributed by atoms with van der Waals surface area (Å²) in [6, 6.07) is 1.75. The first kappa shape index (κ1) is 18.6. The lowest BCUT2D eigenvalue weighted by Gasteiger charge is -2.37. The zero-order chi connectivity index (χ0) is 18.4. The summed E-state index contributed by atoms with van der Waals surface area (Å²) in [6.07, 6.45) is 7.70. The van der Waals surface area contributed by atoms with E-state index in [0.717, 1.165) is 45.3 Å². The molecule has 2 amide bonds. The third-order valence-electron chi connectivity index (χ3n) is 5.41. The average molecular weight is 359 g/mol. The van der Waals surface area contributed by atoms with Crippen molar-refractivity contribution in [2.45, 2.75) is 39.0 Å². The Labute approximate surface area is 155 Å². The second kappa shape index (κ2) is 8.96. The number of rotatable bonds is 5. The van der Waals surface area contributed by atoms with E-state index in [1.807, 2.05) is 9.80 Å². The summed E-state index contributed by atoms with van der Waals surface area (Å²) in [5.41, 5.74) is 0. The average Bonchev–Trinajstić information content (AvgIpc) is 2.69. The summed E-state index contributed by atoms with van der Waals surface area (Å²) < 4.78 is 0. The molecular weight excluding hydrogens is 330 g/mol. The summed E-state index contributed by atoms with van der Waals surface area (Å²) in [5.74, 6) is 1.55. The van der Waals surface area contributed by atoms with Crippen molar-refractivity contribution in [2.24, 2.45) is 11.8 Å². The molecule has 2 aliphatic heterocycles. The van der Waals surface area contributed by atoms with E-state index < -0.39 is 0 Å². The molecule has 2 fully saturated rings. The first-order valence-corrected chi connectivity index (χ1v) is 9.71. The van der Waals surface area contributed by atoms with Crippen LogP contribution in [0.1, 0.15) is 39.0 Å². The van der Waals surface area contributed by atoms with Gasteiger partial charge in [0.1, 0.15) is 0 Å². The van der Waals surface area contributed by atoms with Gasteiger partial charge in [-0.3, -0.25) is 9.59 Å². The van der Waals surface area contributed by atoms with Crippen LogP contribution >= 0.6 is 0 Å². The van der Waals surface area contributed by atoms with Gasteiger partial charge in [0.25, 0.3) is 0 Å². The smallest absolute Gasteiger partial charge is 0.227 e. The van der Waals surface area contributed by atoms with E-state index in [9.17, 15) is 9.59 Å². The second-order valence-corrected chi connectivity index (χ2v) is 7.44. The molecule has 0 spiro atoms. The highest BCUT2D eigenvalue weighted by Crippen LogP contribution is 2.23. The third-order valence-corrected chi connectivity index (χ3v) is 5.41. The van der Waals surface area contributed by atoms with Crippen LogP contribution in [-0.2, 0) is 9.59 Å². The fourth-order valence-electron chi connectivity index (χ4n) is 3.72. The lowest BCUT2D eigenvalue weighted by molar-refractivity contribution is -0.141. The van der Waals surface area contributed by atoms with Crippen LogP contribution < -0.4 is 5.32 Å². The van der Waals surface area contributed by atoms with Crippen molar-refractivity contribution in [3.63, 3.8) is 0 Å². The molecule has 1 aromatic rings.